The summed E-state index contributed by atoms with van der Waals surface area (Å²) in [6.45, 7) is 3.11. The van der Waals surface area contributed by atoms with E-state index in [1.54, 1.807) is 17.3 Å². The molecule has 18 heavy (non-hydrogen) atoms. The summed E-state index contributed by atoms with van der Waals surface area (Å²) in [7, 11) is 0. The molecular weight excluding hydrogens is 250 g/mol. The Kier molecular flexibility index (Phi) is 3.99. The molecule has 0 aliphatic carbocycles. The molecule has 5 heteroatoms. The molecule has 0 N–H and O–H groups in total. The molecule has 0 bridgehead atoms. The van der Waals surface area contributed by atoms with Crippen molar-refractivity contribution < 1.29 is 4.79 Å². The molecule has 0 fully saturated rings. The second-order valence-electron chi connectivity index (χ2n) is 3.90. The highest BCUT2D eigenvalue weighted by Crippen LogP contribution is 2.13. The minimum atomic E-state index is -0.0880. The van der Waals surface area contributed by atoms with Crippen LogP contribution in [0.5, 0.6) is 0 Å². The van der Waals surface area contributed by atoms with Crippen molar-refractivity contribution in [2.75, 3.05) is 6.54 Å². The molecule has 0 radical (unpaired) electrons. The average Bonchev–Trinajstić information content (AvgIpc) is 2.89. The second kappa shape index (κ2) is 5.69. The van der Waals surface area contributed by atoms with Crippen molar-refractivity contribution in [3.05, 3.63) is 53.6 Å². The van der Waals surface area contributed by atoms with Gasteiger partial charge in [-0.3, -0.25) is 4.57 Å². The molecule has 0 saturated heterocycles. The molecule has 2 rings (SSSR count). The summed E-state index contributed by atoms with van der Waals surface area (Å²) >= 11 is 5.93. The molecule has 0 unspecified atom stereocenters. The Morgan fingerprint density at radius 1 is 1.50 bits per heavy atom. The van der Waals surface area contributed by atoms with E-state index < -0.39 is 0 Å². The van der Waals surface area contributed by atoms with Gasteiger partial charge in [0.1, 0.15) is 6.33 Å². The minimum Gasteiger partial charge on any atom is -0.320 e. The van der Waals surface area contributed by atoms with Gasteiger partial charge < -0.3 is 4.90 Å². The third-order valence-electron chi connectivity index (χ3n) is 2.64. The maximum atomic E-state index is 12.1. The van der Waals surface area contributed by atoms with Gasteiger partial charge in [0.25, 0.3) is 0 Å². The zero-order valence-electron chi connectivity index (χ0n) is 10.1. The van der Waals surface area contributed by atoms with Gasteiger partial charge in [-0.25, -0.2) is 9.78 Å². The second-order valence-corrected chi connectivity index (χ2v) is 4.33. The van der Waals surface area contributed by atoms with Crippen LogP contribution in [-0.4, -0.2) is 27.0 Å². The van der Waals surface area contributed by atoms with Crippen LogP contribution < -0.4 is 0 Å². The molecule has 0 aliphatic heterocycles. The Bertz CT molecular complexity index is 525. The van der Waals surface area contributed by atoms with E-state index in [9.17, 15) is 4.79 Å². The Hall–Kier alpha value is -1.81. The zero-order chi connectivity index (χ0) is 13.0. The highest BCUT2D eigenvalue weighted by molar-refractivity contribution is 6.30. The van der Waals surface area contributed by atoms with Gasteiger partial charge in [-0.1, -0.05) is 23.7 Å². The lowest BCUT2D eigenvalue weighted by Crippen LogP contribution is -2.33. The number of halogens is 1. The number of carbonyl (C=O) groups is 1. The molecule has 0 aliphatic rings. The van der Waals surface area contributed by atoms with Gasteiger partial charge in [0.15, 0.2) is 0 Å². The lowest BCUT2D eigenvalue weighted by atomic mass is 10.2. The molecule has 4 nitrogen and oxygen atoms in total. The number of imidazole rings is 1. The number of rotatable bonds is 3. The van der Waals surface area contributed by atoms with Crippen molar-refractivity contribution in [1.82, 2.24) is 14.5 Å². The first-order valence-electron chi connectivity index (χ1n) is 5.72. The summed E-state index contributed by atoms with van der Waals surface area (Å²) in [6, 6.07) is 7.43. The number of nitrogens with zero attached hydrogens (tertiary/aromatic N) is 3. The Morgan fingerprint density at radius 2 is 2.33 bits per heavy atom. The van der Waals surface area contributed by atoms with E-state index in [1.165, 1.54) is 10.9 Å². The van der Waals surface area contributed by atoms with Crippen molar-refractivity contribution in [2.24, 2.45) is 0 Å². The van der Waals surface area contributed by atoms with Gasteiger partial charge >= 0.3 is 6.03 Å². The molecule has 94 valence electrons. The van der Waals surface area contributed by atoms with E-state index in [0.717, 1.165) is 5.56 Å². The van der Waals surface area contributed by atoms with Crippen LogP contribution in [0.2, 0.25) is 5.02 Å². The first-order chi connectivity index (χ1) is 8.70. The first-order valence-corrected chi connectivity index (χ1v) is 6.10. The van der Waals surface area contributed by atoms with Crippen LogP contribution in [0.4, 0.5) is 4.79 Å². The van der Waals surface area contributed by atoms with Gasteiger partial charge in [-0.2, -0.15) is 0 Å². The fourth-order valence-corrected chi connectivity index (χ4v) is 1.92. The molecule has 2 aromatic rings. The molecule has 1 amide bonds. The quantitative estimate of drug-likeness (QED) is 0.854. The van der Waals surface area contributed by atoms with Crippen molar-refractivity contribution in [3.8, 4) is 0 Å². The summed E-state index contributed by atoms with van der Waals surface area (Å²) < 4.78 is 1.47. The fourth-order valence-electron chi connectivity index (χ4n) is 1.71. The van der Waals surface area contributed by atoms with E-state index in [4.69, 9.17) is 11.6 Å². The van der Waals surface area contributed by atoms with Crippen LogP contribution in [0.25, 0.3) is 0 Å². The third-order valence-corrected chi connectivity index (χ3v) is 2.88. The number of carbonyl (C=O) groups excluding carboxylic acids is 1. The highest BCUT2D eigenvalue weighted by Gasteiger charge is 2.13. The number of aromatic nitrogens is 2. The molecular formula is C13H14ClN3O. The third kappa shape index (κ3) is 2.90. The van der Waals surface area contributed by atoms with Crippen LogP contribution in [0.3, 0.4) is 0 Å². The summed E-state index contributed by atoms with van der Waals surface area (Å²) in [4.78, 5) is 17.7. The molecule has 1 aromatic heterocycles. The van der Waals surface area contributed by atoms with Crippen molar-refractivity contribution >= 4 is 17.6 Å². The molecule has 0 spiro atoms. The van der Waals surface area contributed by atoms with Gasteiger partial charge in [-0.05, 0) is 24.6 Å². The normalized spacial score (nSPS) is 10.3. The van der Waals surface area contributed by atoms with Gasteiger partial charge in [-0.15, -0.1) is 0 Å². The maximum Gasteiger partial charge on any atom is 0.329 e. The summed E-state index contributed by atoms with van der Waals surface area (Å²) in [6.07, 6.45) is 4.73. The van der Waals surface area contributed by atoms with E-state index >= 15 is 0 Å². The number of hydrogen-bond acceptors (Lipinski definition) is 2. The monoisotopic (exact) mass is 263 g/mol. The topological polar surface area (TPSA) is 38.1 Å². The summed E-state index contributed by atoms with van der Waals surface area (Å²) in [5, 5.41) is 0.679. The SMILES string of the molecule is CCN(Cc1cccc(Cl)c1)C(=O)n1ccnc1. The molecule has 1 heterocycles. The largest absolute Gasteiger partial charge is 0.329 e. The van der Waals surface area contributed by atoms with Crippen LogP contribution in [0.15, 0.2) is 43.0 Å². The molecule has 1 aromatic carbocycles. The Morgan fingerprint density at radius 3 is 2.94 bits per heavy atom. The predicted octanol–water partition coefficient (Wildman–Crippen LogP) is 3.03. The van der Waals surface area contributed by atoms with Crippen LogP contribution >= 0.6 is 11.6 Å². The highest BCUT2D eigenvalue weighted by atomic mass is 35.5. The Balaban J connectivity index is 2.12. The van der Waals surface area contributed by atoms with Crippen molar-refractivity contribution in [3.63, 3.8) is 0 Å². The van der Waals surface area contributed by atoms with Gasteiger partial charge in [0.05, 0.1) is 0 Å². The van der Waals surface area contributed by atoms with E-state index in [1.807, 2.05) is 31.2 Å². The standard InChI is InChI=1S/C13H14ClN3O/c1-2-16(13(18)17-7-6-15-10-17)9-11-4-3-5-12(14)8-11/h3-8,10H,2,9H2,1H3. The first kappa shape index (κ1) is 12.6. The molecule has 0 atom stereocenters. The zero-order valence-corrected chi connectivity index (χ0v) is 10.8. The summed E-state index contributed by atoms with van der Waals surface area (Å²) in [5.74, 6) is 0. The number of benzene rings is 1. The summed E-state index contributed by atoms with van der Waals surface area (Å²) in [5.41, 5.74) is 1.01. The smallest absolute Gasteiger partial charge is 0.320 e. The van der Waals surface area contributed by atoms with E-state index in [-0.39, 0.29) is 6.03 Å². The number of amides is 1. The van der Waals surface area contributed by atoms with Crippen molar-refractivity contribution in [1.29, 1.82) is 0 Å². The van der Waals surface area contributed by atoms with Crippen LogP contribution in [0.1, 0.15) is 12.5 Å². The van der Waals surface area contributed by atoms with Gasteiger partial charge in [0, 0.05) is 30.5 Å². The minimum absolute atomic E-state index is 0.0880. The Labute approximate surface area is 111 Å². The lowest BCUT2D eigenvalue weighted by molar-refractivity contribution is 0.200. The molecule has 0 saturated carbocycles. The van der Waals surface area contributed by atoms with Gasteiger partial charge in [0.2, 0.25) is 0 Å². The van der Waals surface area contributed by atoms with E-state index in [0.29, 0.717) is 18.1 Å². The fraction of sp³-hybridized carbons (Fsp3) is 0.231. The van der Waals surface area contributed by atoms with Crippen LogP contribution in [0, 0.1) is 0 Å². The lowest BCUT2D eigenvalue weighted by Gasteiger charge is -2.20. The maximum absolute atomic E-state index is 12.1. The van der Waals surface area contributed by atoms with Crippen molar-refractivity contribution in [2.45, 2.75) is 13.5 Å². The van der Waals surface area contributed by atoms with Crippen LogP contribution in [-0.2, 0) is 6.54 Å². The van der Waals surface area contributed by atoms with E-state index in [2.05, 4.69) is 4.98 Å². The number of hydrogen-bond donors (Lipinski definition) is 0. The predicted molar refractivity (Wildman–Crippen MR) is 70.6 cm³/mol. The average molecular weight is 264 g/mol.